The summed E-state index contributed by atoms with van der Waals surface area (Å²) >= 11 is 0. The Morgan fingerprint density at radius 1 is 1.17 bits per heavy atom. The highest BCUT2D eigenvalue weighted by atomic mass is 16.1. The second kappa shape index (κ2) is 9.69. The lowest BCUT2D eigenvalue weighted by atomic mass is 10.0. The molecule has 1 aliphatic carbocycles. The van der Waals surface area contributed by atoms with Crippen molar-refractivity contribution >= 4 is 23.2 Å². The van der Waals surface area contributed by atoms with Crippen molar-refractivity contribution in [2.45, 2.75) is 39.2 Å². The summed E-state index contributed by atoms with van der Waals surface area (Å²) < 4.78 is 0. The van der Waals surface area contributed by atoms with Crippen molar-refractivity contribution in [3.8, 4) is 11.4 Å². The predicted molar refractivity (Wildman–Crippen MR) is 137 cm³/mol. The van der Waals surface area contributed by atoms with Crippen LogP contribution < -0.4 is 10.6 Å². The molecule has 1 amide bonds. The number of rotatable bonds is 7. The van der Waals surface area contributed by atoms with E-state index in [4.69, 9.17) is 0 Å². The minimum absolute atomic E-state index is 0.129. The molecule has 2 aromatic carbocycles. The zero-order valence-electron chi connectivity index (χ0n) is 20.3. The number of allylic oxidation sites excluding steroid dienone is 2. The van der Waals surface area contributed by atoms with E-state index in [2.05, 4.69) is 37.1 Å². The number of carbonyl (C=O) groups is 1. The number of carbonyl (C=O) groups excluding carboxylic acids is 1. The van der Waals surface area contributed by atoms with Gasteiger partial charge in [-0.2, -0.15) is 4.80 Å². The van der Waals surface area contributed by atoms with Crippen molar-refractivity contribution < 1.29 is 4.79 Å². The van der Waals surface area contributed by atoms with Crippen molar-refractivity contribution in [3.63, 3.8) is 0 Å². The maximum absolute atomic E-state index is 12.8. The first-order chi connectivity index (χ1) is 17.0. The van der Waals surface area contributed by atoms with Gasteiger partial charge in [-0.1, -0.05) is 23.8 Å². The van der Waals surface area contributed by atoms with Gasteiger partial charge in [0, 0.05) is 36.1 Å². The lowest BCUT2D eigenvalue weighted by Gasteiger charge is -2.16. The molecular weight excluding hydrogens is 440 g/mol. The quantitative estimate of drug-likeness (QED) is 0.507. The Bertz CT molecular complexity index is 1300. The van der Waals surface area contributed by atoms with Crippen molar-refractivity contribution in [1.29, 1.82) is 0 Å². The van der Waals surface area contributed by atoms with Gasteiger partial charge in [0.2, 0.25) is 11.8 Å². The molecule has 3 aromatic rings. The highest BCUT2D eigenvalue weighted by Crippen LogP contribution is 2.44. The van der Waals surface area contributed by atoms with E-state index in [0.717, 1.165) is 41.9 Å². The molecule has 1 fully saturated rings. The number of hydrogen-bond donors (Lipinski definition) is 2. The summed E-state index contributed by atoms with van der Waals surface area (Å²) in [6.07, 6.45) is 4.33. The first-order valence-electron chi connectivity index (χ1n) is 12.0. The Morgan fingerprint density at radius 2 is 2.03 bits per heavy atom. The number of likely N-dealkylation sites (N-methyl/N-ethyl adjacent to an activating group) is 1. The fourth-order valence-corrected chi connectivity index (χ4v) is 3.98. The Balaban J connectivity index is 1.34. The molecule has 0 atom stereocenters. The van der Waals surface area contributed by atoms with Crippen molar-refractivity contribution in [2.75, 3.05) is 25.5 Å². The maximum atomic E-state index is 12.8. The van der Waals surface area contributed by atoms with Crippen LogP contribution in [-0.4, -0.2) is 57.1 Å². The van der Waals surface area contributed by atoms with Crippen LogP contribution in [0.4, 0.5) is 11.4 Å². The Morgan fingerprint density at radius 3 is 2.77 bits per heavy atom. The fourth-order valence-electron chi connectivity index (χ4n) is 3.98. The lowest BCUT2D eigenvalue weighted by Crippen LogP contribution is -2.39. The second-order valence-electron chi connectivity index (χ2n) is 9.31. The predicted octanol–water partition coefficient (Wildman–Crippen LogP) is 3.96. The average molecular weight is 471 g/mol. The van der Waals surface area contributed by atoms with Crippen molar-refractivity contribution in [3.05, 3.63) is 65.2 Å². The summed E-state index contributed by atoms with van der Waals surface area (Å²) in [7, 11) is 1.93. The zero-order chi connectivity index (χ0) is 24.4. The van der Waals surface area contributed by atoms with E-state index in [-0.39, 0.29) is 5.91 Å². The van der Waals surface area contributed by atoms with Gasteiger partial charge in [0.25, 0.3) is 5.91 Å². The first kappa shape index (κ1) is 22.8. The zero-order valence-corrected chi connectivity index (χ0v) is 20.3. The van der Waals surface area contributed by atoms with Gasteiger partial charge in [-0.25, -0.2) is 0 Å². The third-order valence-electron chi connectivity index (χ3n) is 6.13. The Hall–Kier alpha value is -4.01. The van der Waals surface area contributed by atoms with Crippen LogP contribution in [0.2, 0.25) is 0 Å². The fraction of sp³-hybridized carbons (Fsp3) is 0.346. The van der Waals surface area contributed by atoms with E-state index in [1.54, 1.807) is 4.80 Å². The molecule has 9 heteroatoms. The molecule has 35 heavy (non-hydrogen) atoms. The molecule has 2 heterocycles. The van der Waals surface area contributed by atoms with Gasteiger partial charge in [-0.05, 0) is 73.7 Å². The van der Waals surface area contributed by atoms with Crippen LogP contribution in [0.15, 0.2) is 59.1 Å². The molecular formula is C26H30N8O. The summed E-state index contributed by atoms with van der Waals surface area (Å²) in [4.78, 5) is 20.7. The molecule has 9 nitrogen and oxygen atoms in total. The highest BCUT2D eigenvalue weighted by Gasteiger charge is 2.27. The molecule has 0 saturated heterocycles. The second-order valence-corrected chi connectivity index (χ2v) is 9.31. The van der Waals surface area contributed by atoms with Crippen molar-refractivity contribution in [2.24, 2.45) is 4.99 Å². The smallest absolute Gasteiger partial charge is 0.257 e. The molecule has 1 aromatic heterocycles. The standard InChI is InChI=1S/C26H30N8O/c1-17(2)11-13-34-31-24(30-32-34)19-5-4-6-21(15-19)28-23-10-9-20(16-22(23)18-7-8-18)25(35)29-26-27-12-14-33(26)3/h4-6,9-11,15-16,18,28H,7-8,12-14H2,1-3H3,(H,27,29,35). The van der Waals surface area contributed by atoms with Crippen LogP contribution in [-0.2, 0) is 6.54 Å². The lowest BCUT2D eigenvalue weighted by molar-refractivity contribution is 0.0973. The van der Waals surface area contributed by atoms with Crippen LogP contribution in [0, 0.1) is 0 Å². The van der Waals surface area contributed by atoms with Gasteiger partial charge in [-0.3, -0.25) is 15.1 Å². The van der Waals surface area contributed by atoms with Gasteiger partial charge in [0.15, 0.2) is 0 Å². The summed E-state index contributed by atoms with van der Waals surface area (Å²) in [5.41, 5.74) is 5.86. The van der Waals surface area contributed by atoms with Gasteiger partial charge < -0.3 is 10.2 Å². The molecule has 0 spiro atoms. The molecule has 0 unspecified atom stereocenters. The van der Waals surface area contributed by atoms with Crippen molar-refractivity contribution in [1.82, 2.24) is 30.4 Å². The monoisotopic (exact) mass is 470 g/mol. The summed E-state index contributed by atoms with van der Waals surface area (Å²) in [6, 6.07) is 13.8. The SMILES string of the molecule is CC(C)=CCn1nnc(-c2cccc(Nc3ccc(C(=O)NC4=NCCN4C)cc3C3CC3)c2)n1. The maximum Gasteiger partial charge on any atom is 0.257 e. The van der Waals surface area contributed by atoms with E-state index >= 15 is 0 Å². The van der Waals surface area contributed by atoms with E-state index < -0.39 is 0 Å². The summed E-state index contributed by atoms with van der Waals surface area (Å²) in [5, 5.41) is 19.3. The van der Waals surface area contributed by atoms with E-state index in [1.807, 2.05) is 68.3 Å². The Labute approximate surface area is 204 Å². The molecule has 2 N–H and O–H groups in total. The number of aliphatic imine (C=N–C) groups is 1. The van der Waals surface area contributed by atoms with E-state index in [9.17, 15) is 4.79 Å². The van der Waals surface area contributed by atoms with Gasteiger partial charge in [-0.15, -0.1) is 10.2 Å². The molecule has 2 aliphatic rings. The number of nitrogens with one attached hydrogen (secondary N) is 2. The molecule has 0 bridgehead atoms. The summed E-state index contributed by atoms with van der Waals surface area (Å²) in [5.74, 6) is 1.56. The molecule has 0 radical (unpaired) electrons. The topological polar surface area (TPSA) is 100 Å². The number of nitrogens with zero attached hydrogens (tertiary/aromatic N) is 6. The van der Waals surface area contributed by atoms with Crippen LogP contribution in [0.25, 0.3) is 11.4 Å². The number of benzene rings is 2. The summed E-state index contributed by atoms with van der Waals surface area (Å²) in [6.45, 7) is 6.23. The van der Waals surface area contributed by atoms with Crippen LogP contribution in [0.3, 0.4) is 0 Å². The van der Waals surface area contributed by atoms with Crippen LogP contribution in [0.5, 0.6) is 0 Å². The largest absolute Gasteiger partial charge is 0.355 e. The third kappa shape index (κ3) is 5.40. The Kier molecular flexibility index (Phi) is 6.31. The third-order valence-corrected chi connectivity index (χ3v) is 6.13. The number of tetrazole rings is 1. The van der Waals surface area contributed by atoms with Gasteiger partial charge in [0.1, 0.15) is 0 Å². The number of guanidine groups is 1. The number of aromatic nitrogens is 4. The van der Waals surface area contributed by atoms with Crippen LogP contribution in [0.1, 0.15) is 48.5 Å². The highest BCUT2D eigenvalue weighted by molar-refractivity contribution is 6.06. The first-order valence-corrected chi connectivity index (χ1v) is 12.0. The van der Waals surface area contributed by atoms with Crippen LogP contribution >= 0.6 is 0 Å². The molecule has 180 valence electrons. The number of hydrogen-bond acceptors (Lipinski definition) is 7. The minimum atomic E-state index is -0.129. The number of amides is 1. The van der Waals surface area contributed by atoms with Gasteiger partial charge >= 0.3 is 0 Å². The molecule has 1 aliphatic heterocycles. The minimum Gasteiger partial charge on any atom is -0.355 e. The average Bonchev–Trinajstić information content (AvgIpc) is 3.45. The molecule has 5 rings (SSSR count). The van der Waals surface area contributed by atoms with E-state index in [1.165, 1.54) is 5.57 Å². The molecule has 1 saturated carbocycles. The normalized spacial score (nSPS) is 15.1. The number of anilines is 2. The van der Waals surface area contributed by atoms with E-state index in [0.29, 0.717) is 36.4 Å². The van der Waals surface area contributed by atoms with Gasteiger partial charge in [0.05, 0.1) is 13.1 Å².